The molecule has 4 N–H and O–H groups in total. The molecule has 1 saturated carbocycles. The van der Waals surface area contributed by atoms with Gasteiger partial charge in [0.05, 0.1) is 18.8 Å². The molecule has 10 nitrogen and oxygen atoms in total. The molecule has 2 amide bonds. The lowest BCUT2D eigenvalue weighted by Gasteiger charge is -2.32. The molecule has 1 heterocycles. The molecule has 0 aliphatic heterocycles. The Bertz CT molecular complexity index is 1360. The Morgan fingerprint density at radius 3 is 2.51 bits per heavy atom. The predicted molar refractivity (Wildman–Crippen MR) is 133 cm³/mol. The van der Waals surface area contributed by atoms with Crippen LogP contribution in [0.4, 0.5) is 10.2 Å². The number of primary amides is 1. The van der Waals surface area contributed by atoms with E-state index in [0.29, 0.717) is 6.61 Å². The number of hydrogen-bond acceptors (Lipinski definition) is 6. The van der Waals surface area contributed by atoms with Crippen molar-refractivity contribution in [3.05, 3.63) is 77.7 Å². The lowest BCUT2D eigenvalue weighted by molar-refractivity contribution is -0.124. The number of sulfonamides is 1. The van der Waals surface area contributed by atoms with Gasteiger partial charge >= 0.3 is 0 Å². The molecular formula is C25H28FN5O5S. The Balaban J connectivity index is 1.43. The minimum Gasteiger partial charge on any atom is -0.371 e. The van der Waals surface area contributed by atoms with Crippen molar-refractivity contribution in [2.24, 2.45) is 5.73 Å². The average Bonchev–Trinajstić information content (AvgIpc) is 3.25. The van der Waals surface area contributed by atoms with Crippen LogP contribution >= 0.6 is 0 Å². The molecule has 4 rings (SSSR count). The van der Waals surface area contributed by atoms with Gasteiger partial charge < -0.3 is 15.8 Å². The van der Waals surface area contributed by atoms with Crippen LogP contribution in [0.2, 0.25) is 0 Å². The lowest BCUT2D eigenvalue weighted by Crippen LogP contribution is -2.47. The van der Waals surface area contributed by atoms with Crippen molar-refractivity contribution in [2.75, 3.05) is 4.72 Å². The lowest BCUT2D eigenvalue weighted by atomic mass is 9.92. The maximum atomic E-state index is 14.0. The molecule has 0 radical (unpaired) electrons. The summed E-state index contributed by atoms with van der Waals surface area (Å²) >= 11 is 0. The molecule has 12 heteroatoms. The summed E-state index contributed by atoms with van der Waals surface area (Å²) in [5.74, 6) is -2.56. The second kappa shape index (κ2) is 11.5. The molecule has 0 unspecified atom stereocenters. The molecule has 0 spiro atoms. The third-order valence-electron chi connectivity index (χ3n) is 6.05. The Kier molecular flexibility index (Phi) is 8.19. The monoisotopic (exact) mass is 529 g/mol. The summed E-state index contributed by atoms with van der Waals surface area (Å²) in [5, 5.41) is 6.96. The summed E-state index contributed by atoms with van der Waals surface area (Å²) in [5.41, 5.74) is 6.27. The fraction of sp³-hybridized carbons (Fsp3) is 0.320. The number of aromatic nitrogens is 2. The van der Waals surface area contributed by atoms with Crippen LogP contribution in [0.25, 0.3) is 0 Å². The van der Waals surface area contributed by atoms with Crippen molar-refractivity contribution in [3.8, 4) is 0 Å². The van der Waals surface area contributed by atoms with Gasteiger partial charge in [0.1, 0.15) is 23.0 Å². The molecule has 2 aromatic carbocycles. The number of nitrogens with two attached hydrogens (primary N) is 1. The van der Waals surface area contributed by atoms with E-state index in [1.54, 1.807) is 0 Å². The molecule has 2 atom stereocenters. The number of carbonyl (C=O) groups is 2. The molecule has 1 aromatic heterocycles. The minimum atomic E-state index is -4.33. The topological polar surface area (TPSA) is 145 Å². The average molecular weight is 530 g/mol. The van der Waals surface area contributed by atoms with Crippen LogP contribution in [0.3, 0.4) is 0 Å². The van der Waals surface area contributed by atoms with Crippen LogP contribution in [0.5, 0.6) is 0 Å². The number of ether oxygens (including phenoxy) is 1. The molecular weight excluding hydrogens is 501 g/mol. The highest BCUT2D eigenvalue weighted by Crippen LogP contribution is 2.23. The number of rotatable bonds is 10. The van der Waals surface area contributed by atoms with E-state index in [1.165, 1.54) is 12.1 Å². The number of carbonyl (C=O) groups excluding carboxylic acids is 2. The van der Waals surface area contributed by atoms with Gasteiger partial charge in [-0.15, -0.1) is 0 Å². The maximum Gasteiger partial charge on any atom is 0.267 e. The highest BCUT2D eigenvalue weighted by molar-refractivity contribution is 7.92. The summed E-state index contributed by atoms with van der Waals surface area (Å²) in [6.07, 6.45) is 3.29. The number of hydrogen-bond donors (Lipinski definition) is 3. The Labute approximate surface area is 214 Å². The van der Waals surface area contributed by atoms with Crippen molar-refractivity contribution in [1.82, 2.24) is 15.1 Å². The third-order valence-corrected chi connectivity index (χ3v) is 7.43. The van der Waals surface area contributed by atoms with Crippen LogP contribution in [0.15, 0.2) is 65.6 Å². The summed E-state index contributed by atoms with van der Waals surface area (Å²) in [6, 6.07) is 15.4. The van der Waals surface area contributed by atoms with Crippen LogP contribution in [-0.4, -0.2) is 42.2 Å². The highest BCUT2D eigenvalue weighted by Gasteiger charge is 2.28. The van der Waals surface area contributed by atoms with Gasteiger partial charge in [0.25, 0.3) is 15.9 Å². The second-order valence-electron chi connectivity index (χ2n) is 8.77. The standard InChI is InChI=1S/C25H28FN5O5S/c26-18-10-4-7-13-22(18)37(34,35)30-23-14-20(25(27)33)31(29-23)15-24(32)28-19-11-5-6-12-21(19)36-16-17-8-2-1-3-9-17/h1-4,7-10,13-14,19,21H,5-6,11-12,15-16H2,(H2,27,33)(H,28,32)(H,29,30)/t19-,21-/m0/s1. The number of nitrogens with one attached hydrogen (secondary N) is 2. The van der Waals surface area contributed by atoms with Gasteiger partial charge in [0.2, 0.25) is 5.91 Å². The fourth-order valence-corrected chi connectivity index (χ4v) is 5.34. The van der Waals surface area contributed by atoms with Crippen LogP contribution < -0.4 is 15.8 Å². The van der Waals surface area contributed by atoms with Crippen LogP contribution in [0, 0.1) is 5.82 Å². The zero-order chi connectivity index (χ0) is 26.4. The number of anilines is 1. The molecule has 1 aliphatic carbocycles. The molecule has 1 aliphatic rings. The van der Waals surface area contributed by atoms with Gasteiger partial charge in [0, 0.05) is 6.07 Å². The summed E-state index contributed by atoms with van der Waals surface area (Å²) in [6.45, 7) is 0.0516. The van der Waals surface area contributed by atoms with E-state index in [2.05, 4.69) is 15.1 Å². The van der Waals surface area contributed by atoms with Gasteiger partial charge in [-0.1, -0.05) is 55.3 Å². The first kappa shape index (κ1) is 26.3. The smallest absolute Gasteiger partial charge is 0.267 e. The van der Waals surface area contributed by atoms with Crippen molar-refractivity contribution in [1.29, 1.82) is 0 Å². The predicted octanol–water partition coefficient (Wildman–Crippen LogP) is 2.57. The zero-order valence-corrected chi connectivity index (χ0v) is 20.8. The summed E-state index contributed by atoms with van der Waals surface area (Å²) in [4.78, 5) is 24.2. The van der Waals surface area contributed by atoms with Crippen molar-refractivity contribution < 1.29 is 27.1 Å². The van der Waals surface area contributed by atoms with Crippen LogP contribution in [0.1, 0.15) is 41.7 Å². The molecule has 37 heavy (non-hydrogen) atoms. The molecule has 3 aromatic rings. The fourth-order valence-electron chi connectivity index (χ4n) is 4.27. The molecule has 196 valence electrons. The quantitative estimate of drug-likeness (QED) is 0.368. The zero-order valence-electron chi connectivity index (χ0n) is 20.0. The van der Waals surface area contributed by atoms with E-state index in [1.807, 2.05) is 30.3 Å². The number of benzene rings is 2. The first-order chi connectivity index (χ1) is 17.7. The normalized spacial score (nSPS) is 17.8. The third kappa shape index (κ3) is 6.71. The van der Waals surface area contributed by atoms with Gasteiger partial charge in [0.15, 0.2) is 5.82 Å². The largest absolute Gasteiger partial charge is 0.371 e. The first-order valence-electron chi connectivity index (χ1n) is 11.8. The van der Waals surface area contributed by atoms with Crippen molar-refractivity contribution in [3.63, 3.8) is 0 Å². The van der Waals surface area contributed by atoms with E-state index >= 15 is 0 Å². The molecule has 0 saturated heterocycles. The summed E-state index contributed by atoms with van der Waals surface area (Å²) < 4.78 is 48.4. The SMILES string of the molecule is NC(=O)c1cc(NS(=O)(=O)c2ccccc2F)nn1CC(=O)N[C@H]1CCCC[C@@H]1OCc1ccccc1. The number of amides is 2. The van der Waals surface area contributed by atoms with Crippen LogP contribution in [-0.2, 0) is 32.7 Å². The van der Waals surface area contributed by atoms with E-state index in [9.17, 15) is 22.4 Å². The van der Waals surface area contributed by atoms with E-state index < -0.39 is 32.6 Å². The van der Waals surface area contributed by atoms with E-state index in [0.717, 1.165) is 54.1 Å². The maximum absolute atomic E-state index is 14.0. The van der Waals surface area contributed by atoms with Crippen molar-refractivity contribution >= 4 is 27.7 Å². The van der Waals surface area contributed by atoms with Gasteiger partial charge in [-0.2, -0.15) is 5.10 Å². The van der Waals surface area contributed by atoms with E-state index in [4.69, 9.17) is 10.5 Å². The Hall–Kier alpha value is -3.77. The van der Waals surface area contributed by atoms with Crippen molar-refractivity contribution in [2.45, 2.75) is 55.9 Å². The van der Waals surface area contributed by atoms with Gasteiger partial charge in [-0.3, -0.25) is 14.3 Å². The Morgan fingerprint density at radius 1 is 1.08 bits per heavy atom. The minimum absolute atomic E-state index is 0.172. The first-order valence-corrected chi connectivity index (χ1v) is 13.3. The van der Waals surface area contributed by atoms with Gasteiger partial charge in [-0.05, 0) is 30.5 Å². The van der Waals surface area contributed by atoms with E-state index in [-0.39, 0.29) is 30.2 Å². The molecule has 0 bridgehead atoms. The van der Waals surface area contributed by atoms with Gasteiger partial charge in [-0.25, -0.2) is 17.5 Å². The summed E-state index contributed by atoms with van der Waals surface area (Å²) in [7, 11) is -4.33. The molecule has 1 fully saturated rings. The highest BCUT2D eigenvalue weighted by atomic mass is 32.2. The number of nitrogens with zero attached hydrogens (tertiary/aromatic N) is 2. The number of halogens is 1. The Morgan fingerprint density at radius 2 is 1.78 bits per heavy atom. The second-order valence-corrected chi connectivity index (χ2v) is 10.4.